The quantitative estimate of drug-likeness (QED) is 0.709. The Bertz CT molecular complexity index is 238. The standard InChI is InChI=1S/C12H21NO2/c1-3-13-7-5-4-6-11(13)8-10(2)9-12(14)15/h11H,2-9H2,1H3,(H,14,15). The summed E-state index contributed by atoms with van der Waals surface area (Å²) in [6.07, 6.45) is 4.69. The lowest BCUT2D eigenvalue weighted by atomic mass is 9.95. The first kappa shape index (κ1) is 12.2. The first-order chi connectivity index (χ1) is 7.13. The molecule has 1 unspecified atom stereocenters. The molecule has 0 spiro atoms. The molecule has 0 bridgehead atoms. The lowest BCUT2D eigenvalue weighted by molar-refractivity contribution is -0.136. The van der Waals surface area contributed by atoms with Gasteiger partial charge in [0, 0.05) is 6.04 Å². The van der Waals surface area contributed by atoms with Gasteiger partial charge in [-0.2, -0.15) is 0 Å². The zero-order valence-electron chi connectivity index (χ0n) is 9.54. The number of hydrogen-bond acceptors (Lipinski definition) is 2. The minimum Gasteiger partial charge on any atom is -0.481 e. The first-order valence-electron chi connectivity index (χ1n) is 5.76. The monoisotopic (exact) mass is 211 g/mol. The predicted molar refractivity (Wildman–Crippen MR) is 60.9 cm³/mol. The summed E-state index contributed by atoms with van der Waals surface area (Å²) in [4.78, 5) is 13.0. The number of carboxylic acids is 1. The Hall–Kier alpha value is -0.830. The molecule has 0 amide bonds. The second kappa shape index (κ2) is 5.91. The van der Waals surface area contributed by atoms with Gasteiger partial charge in [0.1, 0.15) is 0 Å². The van der Waals surface area contributed by atoms with Crippen molar-refractivity contribution in [2.45, 2.75) is 45.1 Å². The molecular weight excluding hydrogens is 190 g/mol. The summed E-state index contributed by atoms with van der Waals surface area (Å²) in [6.45, 7) is 8.23. The molecular formula is C12H21NO2. The van der Waals surface area contributed by atoms with Gasteiger partial charge in [0.25, 0.3) is 0 Å². The third-order valence-corrected chi connectivity index (χ3v) is 3.08. The molecule has 1 N–H and O–H groups in total. The number of hydrogen-bond donors (Lipinski definition) is 1. The average Bonchev–Trinajstić information content (AvgIpc) is 2.17. The molecule has 0 radical (unpaired) electrons. The van der Waals surface area contributed by atoms with Gasteiger partial charge in [0.2, 0.25) is 0 Å². The van der Waals surface area contributed by atoms with Crippen molar-refractivity contribution < 1.29 is 9.90 Å². The molecule has 1 heterocycles. The molecule has 1 fully saturated rings. The van der Waals surface area contributed by atoms with E-state index >= 15 is 0 Å². The number of carbonyl (C=O) groups is 1. The molecule has 0 aromatic heterocycles. The summed E-state index contributed by atoms with van der Waals surface area (Å²) in [5.41, 5.74) is 0.854. The van der Waals surface area contributed by atoms with E-state index in [1.807, 2.05) is 0 Å². The van der Waals surface area contributed by atoms with Crippen LogP contribution >= 0.6 is 0 Å². The zero-order chi connectivity index (χ0) is 11.3. The highest BCUT2D eigenvalue weighted by Crippen LogP contribution is 2.22. The third-order valence-electron chi connectivity index (χ3n) is 3.08. The number of aliphatic carboxylic acids is 1. The highest BCUT2D eigenvalue weighted by Gasteiger charge is 2.21. The largest absolute Gasteiger partial charge is 0.481 e. The van der Waals surface area contributed by atoms with E-state index in [9.17, 15) is 4.79 Å². The molecule has 86 valence electrons. The molecule has 1 aliphatic rings. The van der Waals surface area contributed by atoms with E-state index in [2.05, 4.69) is 18.4 Å². The van der Waals surface area contributed by atoms with Crippen molar-refractivity contribution in [2.24, 2.45) is 0 Å². The Morgan fingerprint density at radius 2 is 2.27 bits per heavy atom. The smallest absolute Gasteiger partial charge is 0.307 e. The zero-order valence-corrected chi connectivity index (χ0v) is 9.54. The van der Waals surface area contributed by atoms with Crippen molar-refractivity contribution >= 4 is 5.97 Å². The summed E-state index contributed by atoms with van der Waals surface area (Å²) in [7, 11) is 0. The van der Waals surface area contributed by atoms with Gasteiger partial charge in [-0.05, 0) is 32.4 Å². The van der Waals surface area contributed by atoms with Crippen LogP contribution in [0.4, 0.5) is 0 Å². The fourth-order valence-electron chi connectivity index (χ4n) is 2.33. The van der Waals surface area contributed by atoms with E-state index in [0.717, 1.165) is 25.1 Å². The fourth-order valence-corrected chi connectivity index (χ4v) is 2.33. The Balaban J connectivity index is 2.40. The van der Waals surface area contributed by atoms with Crippen LogP contribution in [0.5, 0.6) is 0 Å². The lowest BCUT2D eigenvalue weighted by Crippen LogP contribution is -2.39. The van der Waals surface area contributed by atoms with Crippen molar-refractivity contribution in [1.82, 2.24) is 4.90 Å². The van der Waals surface area contributed by atoms with Gasteiger partial charge >= 0.3 is 5.97 Å². The second-order valence-electron chi connectivity index (χ2n) is 4.30. The van der Waals surface area contributed by atoms with E-state index < -0.39 is 5.97 Å². The summed E-state index contributed by atoms with van der Waals surface area (Å²) in [5, 5.41) is 8.66. The van der Waals surface area contributed by atoms with Crippen LogP contribution in [0.15, 0.2) is 12.2 Å². The Labute approximate surface area is 91.8 Å². The lowest BCUT2D eigenvalue weighted by Gasteiger charge is -2.35. The maximum Gasteiger partial charge on any atom is 0.307 e. The van der Waals surface area contributed by atoms with E-state index in [4.69, 9.17) is 5.11 Å². The van der Waals surface area contributed by atoms with Crippen molar-refractivity contribution in [3.05, 3.63) is 12.2 Å². The molecule has 15 heavy (non-hydrogen) atoms. The van der Waals surface area contributed by atoms with Crippen molar-refractivity contribution in [3.8, 4) is 0 Å². The molecule has 0 aliphatic carbocycles. The molecule has 3 heteroatoms. The van der Waals surface area contributed by atoms with Crippen molar-refractivity contribution in [1.29, 1.82) is 0 Å². The molecule has 0 aromatic rings. The van der Waals surface area contributed by atoms with Gasteiger partial charge in [0.15, 0.2) is 0 Å². The second-order valence-corrected chi connectivity index (χ2v) is 4.30. The number of likely N-dealkylation sites (tertiary alicyclic amines) is 1. The van der Waals surface area contributed by atoms with Crippen molar-refractivity contribution in [3.63, 3.8) is 0 Å². The number of nitrogens with zero attached hydrogens (tertiary/aromatic N) is 1. The van der Waals surface area contributed by atoms with Crippen molar-refractivity contribution in [2.75, 3.05) is 13.1 Å². The fraction of sp³-hybridized carbons (Fsp3) is 0.750. The molecule has 1 aliphatic heterocycles. The van der Waals surface area contributed by atoms with Gasteiger partial charge < -0.3 is 10.0 Å². The van der Waals surface area contributed by atoms with Gasteiger partial charge in [-0.25, -0.2) is 0 Å². The van der Waals surface area contributed by atoms with E-state index in [1.54, 1.807) is 0 Å². The number of rotatable bonds is 5. The Morgan fingerprint density at radius 1 is 1.53 bits per heavy atom. The third kappa shape index (κ3) is 4.04. The normalized spacial score (nSPS) is 22.6. The van der Waals surface area contributed by atoms with Gasteiger partial charge in [-0.3, -0.25) is 4.79 Å². The number of piperidine rings is 1. The minimum absolute atomic E-state index is 0.119. The highest BCUT2D eigenvalue weighted by atomic mass is 16.4. The van der Waals surface area contributed by atoms with E-state index in [1.165, 1.54) is 19.3 Å². The predicted octanol–water partition coefficient (Wildman–Crippen LogP) is 2.28. The van der Waals surface area contributed by atoms with E-state index in [-0.39, 0.29) is 6.42 Å². The highest BCUT2D eigenvalue weighted by molar-refractivity contribution is 5.69. The minimum atomic E-state index is -0.765. The summed E-state index contributed by atoms with van der Waals surface area (Å²) in [5.74, 6) is -0.765. The maximum atomic E-state index is 10.5. The summed E-state index contributed by atoms with van der Waals surface area (Å²) < 4.78 is 0. The van der Waals surface area contributed by atoms with Crippen LogP contribution in [-0.2, 0) is 4.79 Å². The Morgan fingerprint density at radius 3 is 2.87 bits per heavy atom. The number of carboxylic acid groups (broad SMARTS) is 1. The van der Waals surface area contributed by atoms with Crippen LogP contribution in [0.2, 0.25) is 0 Å². The SMILES string of the molecule is C=C(CC(=O)O)CC1CCCCN1CC. The Kier molecular flexibility index (Phi) is 4.82. The van der Waals surface area contributed by atoms with Crippen LogP contribution in [-0.4, -0.2) is 35.1 Å². The van der Waals surface area contributed by atoms with Crippen LogP contribution in [0.3, 0.4) is 0 Å². The van der Waals surface area contributed by atoms with Crippen LogP contribution in [0, 0.1) is 0 Å². The molecule has 0 aromatic carbocycles. The molecule has 1 saturated heterocycles. The summed E-state index contributed by atoms with van der Waals surface area (Å²) in [6, 6.07) is 0.524. The van der Waals surface area contributed by atoms with Crippen LogP contribution in [0.1, 0.15) is 39.0 Å². The molecule has 3 nitrogen and oxygen atoms in total. The summed E-state index contributed by atoms with van der Waals surface area (Å²) >= 11 is 0. The molecule has 1 atom stereocenters. The topological polar surface area (TPSA) is 40.5 Å². The molecule has 0 saturated carbocycles. The maximum absolute atomic E-state index is 10.5. The first-order valence-corrected chi connectivity index (χ1v) is 5.76. The van der Waals surface area contributed by atoms with Gasteiger partial charge in [-0.15, -0.1) is 0 Å². The van der Waals surface area contributed by atoms with E-state index in [0.29, 0.717) is 6.04 Å². The van der Waals surface area contributed by atoms with Crippen LogP contribution in [0.25, 0.3) is 0 Å². The average molecular weight is 211 g/mol. The molecule has 1 rings (SSSR count). The van der Waals surface area contributed by atoms with Gasteiger partial charge in [-0.1, -0.05) is 25.5 Å². The van der Waals surface area contributed by atoms with Gasteiger partial charge in [0.05, 0.1) is 6.42 Å². The van der Waals surface area contributed by atoms with Crippen LogP contribution < -0.4 is 0 Å².